The number of primary amides is 1. The second-order valence-electron chi connectivity index (χ2n) is 3.01. The zero-order valence-electron chi connectivity index (χ0n) is 7.96. The van der Waals surface area contributed by atoms with Crippen molar-refractivity contribution in [3.05, 3.63) is 27.8 Å². The number of nitrogens with one attached hydrogen (secondary N) is 1. The van der Waals surface area contributed by atoms with Gasteiger partial charge in [0.1, 0.15) is 6.04 Å². The lowest BCUT2D eigenvalue weighted by Crippen LogP contribution is -2.34. The molecule has 1 aromatic carbocycles. The van der Waals surface area contributed by atoms with Crippen LogP contribution in [0.4, 0.5) is 5.69 Å². The molecule has 0 radical (unpaired) electrons. The minimum atomic E-state index is -0.314. The SMILES string of the molecule is CCC(Nc1ccc(I)cc1)C(N)=O. The second kappa shape index (κ2) is 5.19. The first kappa shape index (κ1) is 11.3. The number of carbonyl (C=O) groups excluding carboxylic acids is 1. The molecule has 0 aliphatic carbocycles. The summed E-state index contributed by atoms with van der Waals surface area (Å²) >= 11 is 2.23. The van der Waals surface area contributed by atoms with Crippen LogP contribution in [0, 0.1) is 3.57 Å². The minimum absolute atomic E-state index is 0.282. The van der Waals surface area contributed by atoms with Gasteiger partial charge in [-0.25, -0.2) is 0 Å². The third-order valence-electron chi connectivity index (χ3n) is 1.94. The monoisotopic (exact) mass is 304 g/mol. The smallest absolute Gasteiger partial charge is 0.239 e. The van der Waals surface area contributed by atoms with Crippen molar-refractivity contribution in [1.82, 2.24) is 0 Å². The van der Waals surface area contributed by atoms with Crippen LogP contribution in [0.3, 0.4) is 0 Å². The molecule has 1 rings (SSSR count). The average Bonchev–Trinajstić information content (AvgIpc) is 2.16. The summed E-state index contributed by atoms with van der Waals surface area (Å²) in [5.41, 5.74) is 6.15. The summed E-state index contributed by atoms with van der Waals surface area (Å²) in [5, 5.41) is 3.08. The highest BCUT2D eigenvalue weighted by atomic mass is 127. The zero-order valence-corrected chi connectivity index (χ0v) is 10.1. The number of halogens is 1. The van der Waals surface area contributed by atoms with Gasteiger partial charge in [-0.05, 0) is 53.3 Å². The Morgan fingerprint density at radius 2 is 2.07 bits per heavy atom. The molecule has 1 aromatic rings. The molecule has 3 N–H and O–H groups in total. The Labute approximate surface area is 97.2 Å². The van der Waals surface area contributed by atoms with Crippen LogP contribution in [0.5, 0.6) is 0 Å². The highest BCUT2D eigenvalue weighted by Crippen LogP contribution is 2.12. The van der Waals surface area contributed by atoms with Crippen LogP contribution in [0.2, 0.25) is 0 Å². The van der Waals surface area contributed by atoms with Crippen LogP contribution in [-0.4, -0.2) is 11.9 Å². The molecule has 14 heavy (non-hydrogen) atoms. The van der Waals surface area contributed by atoms with Gasteiger partial charge in [-0.15, -0.1) is 0 Å². The molecule has 1 amide bonds. The molecule has 0 saturated carbocycles. The van der Waals surface area contributed by atoms with Gasteiger partial charge in [-0.1, -0.05) is 6.92 Å². The van der Waals surface area contributed by atoms with E-state index in [9.17, 15) is 4.79 Å². The van der Waals surface area contributed by atoms with E-state index in [2.05, 4.69) is 27.9 Å². The molecule has 0 aromatic heterocycles. The van der Waals surface area contributed by atoms with Gasteiger partial charge in [0.25, 0.3) is 0 Å². The number of amides is 1. The number of benzene rings is 1. The van der Waals surface area contributed by atoms with Crippen molar-refractivity contribution in [2.24, 2.45) is 5.73 Å². The van der Waals surface area contributed by atoms with Crippen molar-refractivity contribution in [3.63, 3.8) is 0 Å². The van der Waals surface area contributed by atoms with E-state index >= 15 is 0 Å². The number of hydrogen-bond donors (Lipinski definition) is 2. The molecule has 0 fully saturated rings. The Balaban J connectivity index is 2.67. The van der Waals surface area contributed by atoms with Gasteiger partial charge in [-0.2, -0.15) is 0 Å². The summed E-state index contributed by atoms with van der Waals surface area (Å²) in [4.78, 5) is 11.0. The normalized spacial score (nSPS) is 12.1. The summed E-state index contributed by atoms with van der Waals surface area (Å²) < 4.78 is 1.17. The lowest BCUT2D eigenvalue weighted by atomic mass is 10.2. The predicted octanol–water partition coefficient (Wildman–Crippen LogP) is 1.97. The molecule has 4 heteroatoms. The lowest BCUT2D eigenvalue weighted by Gasteiger charge is -2.14. The fourth-order valence-electron chi connectivity index (χ4n) is 1.12. The summed E-state index contributed by atoms with van der Waals surface area (Å²) in [6, 6.07) is 7.56. The number of rotatable bonds is 4. The highest BCUT2D eigenvalue weighted by molar-refractivity contribution is 14.1. The fourth-order valence-corrected chi connectivity index (χ4v) is 1.48. The number of nitrogens with two attached hydrogens (primary N) is 1. The Kier molecular flexibility index (Phi) is 4.19. The maximum absolute atomic E-state index is 11.0. The zero-order chi connectivity index (χ0) is 10.6. The van der Waals surface area contributed by atoms with Crippen LogP contribution in [-0.2, 0) is 4.79 Å². The molecule has 3 nitrogen and oxygen atoms in total. The Morgan fingerprint density at radius 1 is 1.50 bits per heavy atom. The summed E-state index contributed by atoms with van der Waals surface area (Å²) in [6.45, 7) is 1.93. The Bertz CT molecular complexity index is 310. The number of hydrogen-bond acceptors (Lipinski definition) is 2. The van der Waals surface area contributed by atoms with Crippen LogP contribution in [0.1, 0.15) is 13.3 Å². The van der Waals surface area contributed by atoms with E-state index in [0.717, 1.165) is 5.69 Å². The molecular formula is C10H13IN2O. The van der Waals surface area contributed by atoms with Crippen molar-refractivity contribution in [2.45, 2.75) is 19.4 Å². The lowest BCUT2D eigenvalue weighted by molar-refractivity contribution is -0.118. The summed E-state index contributed by atoms with van der Waals surface area (Å²) in [6.07, 6.45) is 0.696. The number of carbonyl (C=O) groups is 1. The van der Waals surface area contributed by atoms with Crippen LogP contribution < -0.4 is 11.1 Å². The average molecular weight is 304 g/mol. The largest absolute Gasteiger partial charge is 0.374 e. The Morgan fingerprint density at radius 3 is 2.50 bits per heavy atom. The predicted molar refractivity (Wildman–Crippen MR) is 66.1 cm³/mol. The van der Waals surface area contributed by atoms with Gasteiger partial charge >= 0.3 is 0 Å². The quantitative estimate of drug-likeness (QED) is 0.836. The molecule has 0 bridgehead atoms. The molecule has 76 valence electrons. The fraction of sp³-hybridized carbons (Fsp3) is 0.300. The third-order valence-corrected chi connectivity index (χ3v) is 2.66. The number of anilines is 1. The molecule has 0 saturated heterocycles. The maximum Gasteiger partial charge on any atom is 0.239 e. The van der Waals surface area contributed by atoms with E-state index in [0.29, 0.717) is 6.42 Å². The second-order valence-corrected chi connectivity index (χ2v) is 4.26. The Hall–Kier alpha value is -0.780. The van der Waals surface area contributed by atoms with Gasteiger partial charge in [0.15, 0.2) is 0 Å². The highest BCUT2D eigenvalue weighted by Gasteiger charge is 2.11. The van der Waals surface area contributed by atoms with Crippen LogP contribution in [0.15, 0.2) is 24.3 Å². The van der Waals surface area contributed by atoms with E-state index < -0.39 is 0 Å². The van der Waals surface area contributed by atoms with Crippen LogP contribution in [0.25, 0.3) is 0 Å². The van der Waals surface area contributed by atoms with Gasteiger partial charge in [0, 0.05) is 9.26 Å². The summed E-state index contributed by atoms with van der Waals surface area (Å²) in [5.74, 6) is -0.314. The minimum Gasteiger partial charge on any atom is -0.374 e. The van der Waals surface area contributed by atoms with Gasteiger partial charge in [-0.3, -0.25) is 4.79 Å². The third kappa shape index (κ3) is 3.17. The van der Waals surface area contributed by atoms with Crippen LogP contribution >= 0.6 is 22.6 Å². The standard InChI is InChI=1S/C10H13IN2O/c1-2-9(10(12)14)13-8-5-3-7(11)4-6-8/h3-6,9,13H,2H2,1H3,(H2,12,14). The maximum atomic E-state index is 11.0. The van der Waals surface area contributed by atoms with E-state index in [-0.39, 0.29) is 11.9 Å². The van der Waals surface area contributed by atoms with E-state index in [1.165, 1.54) is 3.57 Å². The molecule has 0 heterocycles. The summed E-state index contributed by atoms with van der Waals surface area (Å²) in [7, 11) is 0. The van der Waals surface area contributed by atoms with Crippen molar-refractivity contribution in [2.75, 3.05) is 5.32 Å². The topological polar surface area (TPSA) is 55.1 Å². The first-order valence-corrected chi connectivity index (χ1v) is 5.52. The molecule has 0 aliphatic heterocycles. The van der Waals surface area contributed by atoms with E-state index in [1.807, 2.05) is 31.2 Å². The van der Waals surface area contributed by atoms with Gasteiger partial charge in [0.2, 0.25) is 5.91 Å². The molecule has 0 aliphatic rings. The van der Waals surface area contributed by atoms with Crippen molar-refractivity contribution in [1.29, 1.82) is 0 Å². The van der Waals surface area contributed by atoms with Crippen molar-refractivity contribution in [3.8, 4) is 0 Å². The van der Waals surface area contributed by atoms with Gasteiger partial charge < -0.3 is 11.1 Å². The van der Waals surface area contributed by atoms with E-state index in [1.54, 1.807) is 0 Å². The molecular weight excluding hydrogens is 291 g/mol. The molecule has 1 atom stereocenters. The molecule has 0 spiro atoms. The van der Waals surface area contributed by atoms with Crippen molar-refractivity contribution < 1.29 is 4.79 Å². The molecule has 1 unspecified atom stereocenters. The van der Waals surface area contributed by atoms with Gasteiger partial charge in [0.05, 0.1) is 0 Å². The first-order valence-electron chi connectivity index (χ1n) is 4.45. The van der Waals surface area contributed by atoms with Crippen molar-refractivity contribution >= 4 is 34.2 Å². The first-order chi connectivity index (χ1) is 6.63. The van der Waals surface area contributed by atoms with E-state index in [4.69, 9.17) is 5.73 Å².